The SMILES string of the molecule is CCCc1nc(C2CCCCCCC2)oc1C(=O)OC. The third kappa shape index (κ3) is 3.62. The van der Waals surface area contributed by atoms with Gasteiger partial charge in [0.2, 0.25) is 5.76 Å². The van der Waals surface area contributed by atoms with Crippen molar-refractivity contribution < 1.29 is 13.9 Å². The number of methoxy groups -OCH3 is 1. The summed E-state index contributed by atoms with van der Waals surface area (Å²) in [5, 5.41) is 0. The van der Waals surface area contributed by atoms with Crippen molar-refractivity contribution in [1.29, 1.82) is 0 Å². The Labute approximate surface area is 120 Å². The van der Waals surface area contributed by atoms with E-state index in [9.17, 15) is 4.79 Å². The fraction of sp³-hybridized carbons (Fsp3) is 0.750. The molecule has 0 unspecified atom stereocenters. The van der Waals surface area contributed by atoms with Crippen LogP contribution in [0.3, 0.4) is 0 Å². The predicted molar refractivity (Wildman–Crippen MR) is 76.9 cm³/mol. The van der Waals surface area contributed by atoms with Crippen LogP contribution in [-0.4, -0.2) is 18.1 Å². The van der Waals surface area contributed by atoms with Gasteiger partial charge in [-0.2, -0.15) is 0 Å². The van der Waals surface area contributed by atoms with Crippen LogP contribution >= 0.6 is 0 Å². The third-order valence-electron chi connectivity index (χ3n) is 4.03. The van der Waals surface area contributed by atoms with Gasteiger partial charge in [0, 0.05) is 5.92 Å². The van der Waals surface area contributed by atoms with Crippen molar-refractivity contribution in [2.24, 2.45) is 0 Å². The fourth-order valence-corrected chi connectivity index (χ4v) is 2.91. The molecule has 2 rings (SSSR count). The van der Waals surface area contributed by atoms with Gasteiger partial charge >= 0.3 is 5.97 Å². The molecule has 0 aromatic carbocycles. The van der Waals surface area contributed by atoms with Crippen LogP contribution in [0.1, 0.15) is 86.3 Å². The van der Waals surface area contributed by atoms with Gasteiger partial charge in [0.1, 0.15) is 0 Å². The first-order valence-corrected chi connectivity index (χ1v) is 7.84. The van der Waals surface area contributed by atoms with E-state index < -0.39 is 5.97 Å². The molecule has 0 amide bonds. The van der Waals surface area contributed by atoms with Gasteiger partial charge in [0.25, 0.3) is 0 Å². The Morgan fingerprint density at radius 3 is 2.50 bits per heavy atom. The first-order chi connectivity index (χ1) is 9.76. The minimum absolute atomic E-state index is 0.311. The van der Waals surface area contributed by atoms with E-state index in [1.54, 1.807) is 0 Å². The average Bonchev–Trinajstić information content (AvgIpc) is 2.82. The lowest BCUT2D eigenvalue weighted by molar-refractivity contribution is 0.0560. The van der Waals surface area contributed by atoms with Crippen molar-refractivity contribution in [3.63, 3.8) is 0 Å². The van der Waals surface area contributed by atoms with Gasteiger partial charge in [-0.25, -0.2) is 9.78 Å². The van der Waals surface area contributed by atoms with E-state index >= 15 is 0 Å². The van der Waals surface area contributed by atoms with E-state index in [0.717, 1.165) is 37.3 Å². The lowest BCUT2D eigenvalue weighted by atomic mass is 9.91. The van der Waals surface area contributed by atoms with Crippen molar-refractivity contribution >= 4 is 5.97 Å². The zero-order valence-electron chi connectivity index (χ0n) is 12.6. The summed E-state index contributed by atoms with van der Waals surface area (Å²) in [4.78, 5) is 16.4. The summed E-state index contributed by atoms with van der Waals surface area (Å²) in [5.74, 6) is 1.02. The van der Waals surface area contributed by atoms with Gasteiger partial charge in [-0.3, -0.25) is 0 Å². The van der Waals surface area contributed by atoms with E-state index in [-0.39, 0.29) is 0 Å². The van der Waals surface area contributed by atoms with Gasteiger partial charge in [0.15, 0.2) is 5.89 Å². The van der Waals surface area contributed by atoms with E-state index in [1.165, 1.54) is 39.2 Å². The summed E-state index contributed by atoms with van der Waals surface area (Å²) in [7, 11) is 1.38. The molecule has 0 aliphatic heterocycles. The Bertz CT molecular complexity index is 431. The average molecular weight is 279 g/mol. The topological polar surface area (TPSA) is 52.3 Å². The summed E-state index contributed by atoms with van der Waals surface area (Å²) < 4.78 is 10.6. The quantitative estimate of drug-likeness (QED) is 0.773. The number of nitrogens with zero attached hydrogens (tertiary/aromatic N) is 1. The Hall–Kier alpha value is -1.32. The normalized spacial score (nSPS) is 17.5. The van der Waals surface area contributed by atoms with E-state index in [1.807, 2.05) is 0 Å². The Morgan fingerprint density at radius 1 is 1.25 bits per heavy atom. The molecule has 1 aliphatic carbocycles. The highest BCUT2D eigenvalue weighted by Gasteiger charge is 2.25. The van der Waals surface area contributed by atoms with E-state index in [0.29, 0.717) is 11.7 Å². The minimum atomic E-state index is -0.405. The summed E-state index contributed by atoms with van der Waals surface area (Å²) in [6, 6.07) is 0. The standard InChI is InChI=1S/C16H25NO3/c1-3-9-13-14(16(18)19-2)20-15(17-13)12-10-7-5-4-6-8-11-12/h12H,3-11H2,1-2H3. The first kappa shape index (κ1) is 15.1. The molecule has 0 radical (unpaired) electrons. The molecule has 20 heavy (non-hydrogen) atoms. The molecule has 4 heteroatoms. The van der Waals surface area contributed by atoms with Crippen LogP contribution in [0.15, 0.2) is 4.42 Å². The number of esters is 1. The molecule has 0 atom stereocenters. The number of aromatic nitrogens is 1. The van der Waals surface area contributed by atoms with Crippen LogP contribution in [0.25, 0.3) is 0 Å². The zero-order chi connectivity index (χ0) is 14.4. The van der Waals surface area contributed by atoms with Crippen molar-refractivity contribution in [2.75, 3.05) is 7.11 Å². The second-order valence-corrected chi connectivity index (χ2v) is 5.61. The Morgan fingerprint density at radius 2 is 1.90 bits per heavy atom. The van der Waals surface area contributed by atoms with Crippen LogP contribution in [0.4, 0.5) is 0 Å². The molecule has 4 nitrogen and oxygen atoms in total. The van der Waals surface area contributed by atoms with Crippen molar-refractivity contribution in [1.82, 2.24) is 4.98 Å². The number of rotatable bonds is 4. The molecule has 1 heterocycles. The molecular weight excluding hydrogens is 254 g/mol. The Kier molecular flexibility index (Phi) is 5.62. The van der Waals surface area contributed by atoms with Crippen molar-refractivity contribution in [2.45, 2.75) is 70.6 Å². The molecule has 1 aromatic heterocycles. The monoisotopic (exact) mass is 279 g/mol. The van der Waals surface area contributed by atoms with Crippen LogP contribution in [0.2, 0.25) is 0 Å². The molecule has 0 N–H and O–H groups in total. The molecule has 1 saturated carbocycles. The Balaban J connectivity index is 2.19. The summed E-state index contributed by atoms with van der Waals surface area (Å²) >= 11 is 0. The largest absolute Gasteiger partial charge is 0.463 e. The molecular formula is C16H25NO3. The van der Waals surface area contributed by atoms with Crippen molar-refractivity contribution in [3.05, 3.63) is 17.3 Å². The van der Waals surface area contributed by atoms with Gasteiger partial charge in [-0.15, -0.1) is 0 Å². The number of ether oxygens (including phenoxy) is 1. The van der Waals surface area contributed by atoms with Crippen LogP contribution < -0.4 is 0 Å². The second-order valence-electron chi connectivity index (χ2n) is 5.61. The molecule has 0 saturated heterocycles. The van der Waals surface area contributed by atoms with E-state index in [4.69, 9.17) is 9.15 Å². The van der Waals surface area contributed by atoms with Gasteiger partial charge in [-0.05, 0) is 19.3 Å². The highest BCUT2D eigenvalue weighted by Crippen LogP contribution is 2.31. The second kappa shape index (κ2) is 7.46. The van der Waals surface area contributed by atoms with E-state index in [2.05, 4.69) is 11.9 Å². The summed E-state index contributed by atoms with van der Waals surface area (Å²) in [6.45, 7) is 2.07. The van der Waals surface area contributed by atoms with Gasteiger partial charge in [-0.1, -0.05) is 45.4 Å². The fourth-order valence-electron chi connectivity index (χ4n) is 2.91. The minimum Gasteiger partial charge on any atom is -0.463 e. The van der Waals surface area contributed by atoms with Crippen LogP contribution in [0, 0.1) is 0 Å². The van der Waals surface area contributed by atoms with Crippen LogP contribution in [0.5, 0.6) is 0 Å². The number of carbonyl (C=O) groups excluding carboxylic acids is 1. The molecule has 112 valence electrons. The summed E-state index contributed by atoms with van der Waals surface area (Å²) in [5.41, 5.74) is 0.761. The molecule has 1 aliphatic rings. The first-order valence-electron chi connectivity index (χ1n) is 7.84. The molecule has 0 spiro atoms. The molecule has 1 fully saturated rings. The third-order valence-corrected chi connectivity index (χ3v) is 4.03. The lowest BCUT2D eigenvalue weighted by Crippen LogP contribution is -2.03. The van der Waals surface area contributed by atoms with Gasteiger partial charge < -0.3 is 9.15 Å². The number of carbonyl (C=O) groups is 1. The zero-order valence-corrected chi connectivity index (χ0v) is 12.6. The maximum atomic E-state index is 11.8. The number of hydrogen-bond donors (Lipinski definition) is 0. The maximum Gasteiger partial charge on any atom is 0.375 e. The summed E-state index contributed by atoms with van der Waals surface area (Å²) in [6.07, 6.45) is 10.3. The number of hydrogen-bond acceptors (Lipinski definition) is 4. The molecule has 1 aromatic rings. The highest BCUT2D eigenvalue weighted by molar-refractivity contribution is 5.87. The number of oxazole rings is 1. The van der Waals surface area contributed by atoms with Gasteiger partial charge in [0.05, 0.1) is 12.8 Å². The molecule has 0 bridgehead atoms. The lowest BCUT2D eigenvalue weighted by Gasteiger charge is -2.16. The van der Waals surface area contributed by atoms with Crippen molar-refractivity contribution in [3.8, 4) is 0 Å². The number of aryl methyl sites for hydroxylation is 1. The smallest absolute Gasteiger partial charge is 0.375 e. The predicted octanol–water partition coefficient (Wildman–Crippen LogP) is 4.24. The highest BCUT2D eigenvalue weighted by atomic mass is 16.5. The van der Waals surface area contributed by atoms with Crippen LogP contribution in [-0.2, 0) is 11.2 Å². The maximum absolute atomic E-state index is 11.8.